The van der Waals surface area contributed by atoms with Crippen molar-refractivity contribution in [2.75, 3.05) is 25.3 Å². The number of nitrogens with one attached hydrogen (secondary N) is 1. The molecule has 7 nitrogen and oxygen atoms in total. The molecule has 1 unspecified atom stereocenters. The Bertz CT molecular complexity index is 776. The summed E-state index contributed by atoms with van der Waals surface area (Å²) in [6.07, 6.45) is 3.93. The number of aliphatic imine (C=N–C) groups is 2. The van der Waals surface area contributed by atoms with Crippen molar-refractivity contribution in [1.82, 2.24) is 0 Å². The molecule has 1 aromatic rings. The largest absolute Gasteiger partial charge is 0.493 e. The Morgan fingerprint density at radius 3 is 2.81 bits per heavy atom. The van der Waals surface area contributed by atoms with Crippen LogP contribution in [0.3, 0.4) is 0 Å². The fourth-order valence-electron chi connectivity index (χ4n) is 3.10. The Hall–Kier alpha value is -2.35. The predicted octanol–water partition coefficient (Wildman–Crippen LogP) is 3.54. The molecule has 2 aliphatic rings. The zero-order valence-corrected chi connectivity index (χ0v) is 15.6. The molecule has 0 spiro atoms. The van der Waals surface area contributed by atoms with Gasteiger partial charge in [0.15, 0.2) is 11.5 Å². The normalized spacial score (nSPS) is 19.2. The van der Waals surface area contributed by atoms with E-state index in [2.05, 4.69) is 15.3 Å². The summed E-state index contributed by atoms with van der Waals surface area (Å²) in [4.78, 5) is 32.0. The second-order valence-corrected chi connectivity index (χ2v) is 7.04. The Balaban J connectivity index is 1.60. The van der Waals surface area contributed by atoms with Crippen LogP contribution in [0.1, 0.15) is 25.7 Å². The van der Waals surface area contributed by atoms with Crippen LogP contribution in [0.5, 0.6) is 11.5 Å². The zero-order chi connectivity index (χ0) is 18.5. The number of fused-ring (bicyclic) bond motifs is 1. The zero-order valence-electron chi connectivity index (χ0n) is 14.8. The van der Waals surface area contributed by atoms with E-state index in [0.29, 0.717) is 22.2 Å². The average Bonchev–Trinajstić information content (AvgIpc) is 2.65. The van der Waals surface area contributed by atoms with Gasteiger partial charge in [0.05, 0.1) is 25.0 Å². The van der Waals surface area contributed by atoms with Gasteiger partial charge in [-0.2, -0.15) is 4.99 Å². The number of rotatable bonds is 5. The van der Waals surface area contributed by atoms with Crippen molar-refractivity contribution >= 4 is 40.1 Å². The first-order chi connectivity index (χ1) is 12.6. The molecule has 8 heteroatoms. The lowest BCUT2D eigenvalue weighted by molar-refractivity contribution is -0.113. The third kappa shape index (κ3) is 4.24. The highest BCUT2D eigenvalue weighted by Gasteiger charge is 2.30. The molecule has 138 valence electrons. The molecule has 0 radical (unpaired) electrons. The van der Waals surface area contributed by atoms with E-state index < -0.39 is 6.03 Å². The molecule has 1 aliphatic carbocycles. The number of methoxy groups -OCH3 is 2. The van der Waals surface area contributed by atoms with E-state index in [-0.39, 0.29) is 17.6 Å². The molecule has 1 aromatic carbocycles. The fraction of sp³-hybridized carbons (Fsp3) is 0.444. The first-order valence-corrected chi connectivity index (χ1v) is 9.44. The van der Waals surface area contributed by atoms with Gasteiger partial charge >= 0.3 is 6.03 Å². The van der Waals surface area contributed by atoms with E-state index in [0.717, 1.165) is 31.4 Å². The maximum Gasteiger partial charge on any atom is 0.367 e. The molecular formula is C18H21N3O4S. The number of carbonyl (C=O) groups is 2. The van der Waals surface area contributed by atoms with Crippen LogP contribution < -0.4 is 14.8 Å². The van der Waals surface area contributed by atoms with Crippen LogP contribution in [0, 0.1) is 5.92 Å². The minimum atomic E-state index is -0.457. The first-order valence-electron chi connectivity index (χ1n) is 8.45. The highest BCUT2D eigenvalue weighted by Crippen LogP contribution is 2.31. The second kappa shape index (κ2) is 8.35. The number of hydrogen-bond donors (Lipinski definition) is 1. The summed E-state index contributed by atoms with van der Waals surface area (Å²) in [7, 11) is 3.10. The lowest BCUT2D eigenvalue weighted by Gasteiger charge is -2.26. The number of anilines is 1. The summed E-state index contributed by atoms with van der Waals surface area (Å²) in [6.45, 7) is 0. The average molecular weight is 375 g/mol. The van der Waals surface area contributed by atoms with Crippen molar-refractivity contribution in [2.45, 2.75) is 25.7 Å². The number of hydrogen-bond acceptors (Lipinski definition) is 5. The monoisotopic (exact) mass is 375 g/mol. The highest BCUT2D eigenvalue weighted by atomic mass is 32.2. The van der Waals surface area contributed by atoms with Crippen molar-refractivity contribution in [3.8, 4) is 11.5 Å². The maximum absolute atomic E-state index is 12.3. The fourth-order valence-corrected chi connectivity index (χ4v) is 4.05. The van der Waals surface area contributed by atoms with Crippen molar-refractivity contribution in [2.24, 2.45) is 15.9 Å². The smallest absolute Gasteiger partial charge is 0.367 e. The van der Waals surface area contributed by atoms with Gasteiger partial charge in [-0.1, -0.05) is 18.2 Å². The Morgan fingerprint density at radius 1 is 1.23 bits per heavy atom. The van der Waals surface area contributed by atoms with Gasteiger partial charge in [0.2, 0.25) is 5.91 Å². The molecule has 1 N–H and O–H groups in total. The van der Waals surface area contributed by atoms with E-state index >= 15 is 0 Å². The van der Waals surface area contributed by atoms with E-state index in [1.54, 1.807) is 32.4 Å². The van der Waals surface area contributed by atoms with Gasteiger partial charge in [0.1, 0.15) is 0 Å². The number of carbonyl (C=O) groups excluding carboxylic acids is 2. The van der Waals surface area contributed by atoms with Crippen LogP contribution in [-0.4, -0.2) is 42.7 Å². The third-order valence-corrected chi connectivity index (χ3v) is 5.42. The van der Waals surface area contributed by atoms with Crippen molar-refractivity contribution < 1.29 is 19.1 Å². The van der Waals surface area contributed by atoms with Gasteiger partial charge in [-0.15, -0.1) is 0 Å². The Labute approximate surface area is 156 Å². The van der Waals surface area contributed by atoms with Crippen LogP contribution >= 0.6 is 11.8 Å². The summed E-state index contributed by atoms with van der Waals surface area (Å²) < 4.78 is 10.4. The molecule has 1 heterocycles. The quantitative estimate of drug-likeness (QED) is 0.850. The van der Waals surface area contributed by atoms with Crippen molar-refractivity contribution in [3.63, 3.8) is 0 Å². The summed E-state index contributed by atoms with van der Waals surface area (Å²) in [6, 6.07) is 4.73. The van der Waals surface area contributed by atoms with Crippen molar-refractivity contribution in [3.05, 3.63) is 18.2 Å². The van der Waals surface area contributed by atoms with Crippen LogP contribution in [0.4, 0.5) is 10.5 Å². The van der Waals surface area contributed by atoms with Gasteiger partial charge in [-0.05, 0) is 31.4 Å². The number of ether oxygens (including phenoxy) is 2. The number of benzene rings is 1. The number of urea groups is 1. The Morgan fingerprint density at radius 2 is 2.04 bits per heavy atom. The van der Waals surface area contributed by atoms with E-state index in [9.17, 15) is 9.59 Å². The molecule has 1 aliphatic heterocycles. The SMILES string of the molecule is COc1ccc(NC(=O)CSC2=NC(=O)N=C3CCCCC32)cc1OC. The highest BCUT2D eigenvalue weighted by molar-refractivity contribution is 8.14. The minimum absolute atomic E-state index is 0.0975. The maximum atomic E-state index is 12.3. The summed E-state index contributed by atoms with van der Waals surface area (Å²) in [5, 5.41) is 3.54. The molecule has 0 aromatic heterocycles. The number of nitrogens with zero attached hydrogens (tertiary/aromatic N) is 2. The molecule has 0 saturated heterocycles. The van der Waals surface area contributed by atoms with Crippen LogP contribution in [0.15, 0.2) is 28.2 Å². The van der Waals surface area contributed by atoms with Crippen LogP contribution in [0.2, 0.25) is 0 Å². The summed E-state index contributed by atoms with van der Waals surface area (Å²) in [5.41, 5.74) is 1.54. The second-order valence-electron chi connectivity index (χ2n) is 6.04. The molecular weight excluding hydrogens is 354 g/mol. The van der Waals surface area contributed by atoms with Gasteiger partial charge in [0.25, 0.3) is 0 Å². The van der Waals surface area contributed by atoms with Crippen LogP contribution in [0.25, 0.3) is 0 Å². The topological polar surface area (TPSA) is 89.3 Å². The van der Waals surface area contributed by atoms with Gasteiger partial charge in [-0.25, -0.2) is 9.79 Å². The summed E-state index contributed by atoms with van der Waals surface area (Å²) >= 11 is 1.31. The molecule has 1 fully saturated rings. The number of thioether (sulfide) groups is 1. The molecule has 1 saturated carbocycles. The van der Waals surface area contributed by atoms with Gasteiger partial charge < -0.3 is 14.8 Å². The molecule has 26 heavy (non-hydrogen) atoms. The lowest BCUT2D eigenvalue weighted by atomic mass is 9.87. The molecule has 0 bridgehead atoms. The number of amides is 3. The van der Waals surface area contributed by atoms with E-state index in [1.165, 1.54) is 11.8 Å². The van der Waals surface area contributed by atoms with E-state index in [4.69, 9.17) is 9.47 Å². The van der Waals surface area contributed by atoms with Gasteiger partial charge in [-0.3, -0.25) is 4.79 Å². The van der Waals surface area contributed by atoms with E-state index in [1.807, 2.05) is 0 Å². The van der Waals surface area contributed by atoms with Crippen LogP contribution in [-0.2, 0) is 4.79 Å². The van der Waals surface area contributed by atoms with Crippen molar-refractivity contribution in [1.29, 1.82) is 0 Å². The molecule has 1 atom stereocenters. The first kappa shape index (κ1) is 18.4. The standard InChI is InChI=1S/C18H21N3O4S/c1-24-14-8-7-11(9-15(14)25-2)19-16(22)10-26-17-12-5-3-4-6-13(12)20-18(23)21-17/h7-9,12H,3-6,10H2,1-2H3,(H,19,22). The predicted molar refractivity (Wildman–Crippen MR) is 103 cm³/mol. The Kier molecular flexibility index (Phi) is 5.92. The molecule has 3 rings (SSSR count). The molecule has 3 amide bonds. The summed E-state index contributed by atoms with van der Waals surface area (Å²) in [5.74, 6) is 1.25. The van der Waals surface area contributed by atoms with Gasteiger partial charge in [0, 0.05) is 23.4 Å². The minimum Gasteiger partial charge on any atom is -0.493 e. The third-order valence-electron chi connectivity index (χ3n) is 4.34. The lowest BCUT2D eigenvalue weighted by Crippen LogP contribution is -2.31.